The number of halogens is 1. The molecule has 3 N–H and O–H groups in total. The van der Waals surface area contributed by atoms with E-state index < -0.39 is 10.0 Å². The van der Waals surface area contributed by atoms with Crippen LogP contribution in [0.4, 0.5) is 10.1 Å². The van der Waals surface area contributed by atoms with E-state index in [-0.39, 0.29) is 17.3 Å². The van der Waals surface area contributed by atoms with Crippen LogP contribution in [0.3, 0.4) is 0 Å². The van der Waals surface area contributed by atoms with Crippen molar-refractivity contribution in [2.75, 3.05) is 4.72 Å². The average Bonchev–Trinajstić information content (AvgIpc) is 2.43. The highest BCUT2D eigenvalue weighted by Crippen LogP contribution is 2.20. The molecule has 2 aromatic carbocycles. The molecule has 21 heavy (non-hydrogen) atoms. The third-order valence-corrected chi connectivity index (χ3v) is 4.64. The van der Waals surface area contributed by atoms with Gasteiger partial charge in [-0.1, -0.05) is 6.07 Å². The van der Waals surface area contributed by atoms with Gasteiger partial charge in [-0.2, -0.15) is 0 Å². The summed E-state index contributed by atoms with van der Waals surface area (Å²) in [7, 11) is -3.72. The molecule has 0 amide bonds. The summed E-state index contributed by atoms with van der Waals surface area (Å²) in [6.45, 7) is 3.71. The van der Waals surface area contributed by atoms with E-state index in [1.54, 1.807) is 19.1 Å². The maximum absolute atomic E-state index is 13.2. The molecule has 0 unspecified atom stereocenters. The molecule has 0 spiro atoms. The lowest BCUT2D eigenvalue weighted by Crippen LogP contribution is -2.14. The second-order valence-corrected chi connectivity index (χ2v) is 6.54. The fourth-order valence-electron chi connectivity index (χ4n) is 1.96. The summed E-state index contributed by atoms with van der Waals surface area (Å²) in [5.41, 5.74) is 8.00. The first kappa shape index (κ1) is 15.5. The van der Waals surface area contributed by atoms with E-state index in [1.165, 1.54) is 24.3 Å². The standard InChI is InChI=1S/C15H17FN2O2S/c1-10-3-5-14(8-12(10)9-17)21(19,20)18-13-4-6-15(16)11(2)7-13/h3-8,18H,9,17H2,1-2H3. The van der Waals surface area contributed by atoms with Crippen molar-refractivity contribution in [2.24, 2.45) is 5.73 Å². The molecule has 2 rings (SSSR count). The van der Waals surface area contributed by atoms with Crippen molar-refractivity contribution >= 4 is 15.7 Å². The Hall–Kier alpha value is -1.92. The van der Waals surface area contributed by atoms with Gasteiger partial charge in [-0.15, -0.1) is 0 Å². The minimum atomic E-state index is -3.72. The lowest BCUT2D eigenvalue weighted by atomic mass is 10.1. The number of nitrogens with one attached hydrogen (secondary N) is 1. The normalized spacial score (nSPS) is 11.4. The lowest BCUT2D eigenvalue weighted by Gasteiger charge is -2.11. The Balaban J connectivity index is 2.35. The molecule has 0 bridgehead atoms. The second kappa shape index (κ2) is 5.83. The molecule has 6 heteroatoms. The van der Waals surface area contributed by atoms with Crippen LogP contribution in [0.2, 0.25) is 0 Å². The van der Waals surface area contributed by atoms with Gasteiger partial charge in [0.2, 0.25) is 0 Å². The zero-order valence-electron chi connectivity index (χ0n) is 11.9. The highest BCUT2D eigenvalue weighted by molar-refractivity contribution is 7.92. The third kappa shape index (κ3) is 3.40. The molecule has 0 saturated heterocycles. The zero-order chi connectivity index (χ0) is 15.6. The minimum Gasteiger partial charge on any atom is -0.326 e. The fourth-order valence-corrected chi connectivity index (χ4v) is 3.06. The second-order valence-electron chi connectivity index (χ2n) is 4.86. The summed E-state index contributed by atoms with van der Waals surface area (Å²) >= 11 is 0. The Labute approximate surface area is 123 Å². The number of hydrogen-bond acceptors (Lipinski definition) is 3. The van der Waals surface area contributed by atoms with Crippen molar-refractivity contribution in [2.45, 2.75) is 25.3 Å². The monoisotopic (exact) mass is 308 g/mol. The molecule has 112 valence electrons. The van der Waals surface area contributed by atoms with Gasteiger partial charge >= 0.3 is 0 Å². The summed E-state index contributed by atoms with van der Waals surface area (Å²) in [6.07, 6.45) is 0. The first-order chi connectivity index (χ1) is 9.83. The summed E-state index contributed by atoms with van der Waals surface area (Å²) < 4.78 is 40.3. The van der Waals surface area contributed by atoms with Gasteiger partial charge in [-0.05, 0) is 60.9 Å². The van der Waals surface area contributed by atoms with Crippen molar-refractivity contribution in [1.82, 2.24) is 0 Å². The van der Waals surface area contributed by atoms with Crippen LogP contribution >= 0.6 is 0 Å². The molecule has 4 nitrogen and oxygen atoms in total. The third-order valence-electron chi connectivity index (χ3n) is 3.26. The SMILES string of the molecule is Cc1cc(NS(=O)(=O)c2ccc(C)c(CN)c2)ccc1F. The maximum Gasteiger partial charge on any atom is 0.261 e. The summed E-state index contributed by atoms with van der Waals surface area (Å²) in [5.74, 6) is -0.376. The van der Waals surface area contributed by atoms with Gasteiger partial charge in [-0.25, -0.2) is 12.8 Å². The first-order valence-electron chi connectivity index (χ1n) is 6.42. The molecule has 0 aliphatic rings. The van der Waals surface area contributed by atoms with Crippen LogP contribution in [0.25, 0.3) is 0 Å². The van der Waals surface area contributed by atoms with Gasteiger partial charge in [-0.3, -0.25) is 4.72 Å². The quantitative estimate of drug-likeness (QED) is 0.912. The van der Waals surface area contributed by atoms with Crippen LogP contribution in [-0.2, 0) is 16.6 Å². The summed E-state index contributed by atoms with van der Waals surface area (Å²) in [6, 6.07) is 8.85. The molecule has 0 radical (unpaired) electrons. The van der Waals surface area contributed by atoms with Crippen LogP contribution in [0.1, 0.15) is 16.7 Å². The molecular weight excluding hydrogens is 291 g/mol. The fraction of sp³-hybridized carbons (Fsp3) is 0.200. The van der Waals surface area contributed by atoms with Gasteiger partial charge in [0, 0.05) is 12.2 Å². The smallest absolute Gasteiger partial charge is 0.261 e. The molecular formula is C15H17FN2O2S. The number of sulfonamides is 1. The van der Waals surface area contributed by atoms with E-state index in [1.807, 2.05) is 6.92 Å². The van der Waals surface area contributed by atoms with E-state index in [0.717, 1.165) is 11.1 Å². The van der Waals surface area contributed by atoms with E-state index in [9.17, 15) is 12.8 Å². The molecule has 0 saturated carbocycles. The topological polar surface area (TPSA) is 72.2 Å². The largest absolute Gasteiger partial charge is 0.326 e. The van der Waals surface area contributed by atoms with Crippen molar-refractivity contribution < 1.29 is 12.8 Å². The zero-order valence-corrected chi connectivity index (χ0v) is 12.7. The van der Waals surface area contributed by atoms with Crippen molar-refractivity contribution in [3.05, 3.63) is 58.9 Å². The molecule has 0 aliphatic heterocycles. The number of aryl methyl sites for hydroxylation is 2. The molecule has 0 aromatic heterocycles. The molecule has 2 aromatic rings. The van der Waals surface area contributed by atoms with E-state index in [0.29, 0.717) is 11.3 Å². The predicted octanol–water partition coefficient (Wildman–Crippen LogP) is 2.70. The first-order valence-corrected chi connectivity index (χ1v) is 7.90. The van der Waals surface area contributed by atoms with Crippen molar-refractivity contribution in [1.29, 1.82) is 0 Å². The van der Waals surface area contributed by atoms with E-state index in [4.69, 9.17) is 5.73 Å². The Kier molecular flexibility index (Phi) is 4.29. The van der Waals surface area contributed by atoms with Crippen LogP contribution in [0.5, 0.6) is 0 Å². The van der Waals surface area contributed by atoms with E-state index in [2.05, 4.69) is 4.72 Å². The number of rotatable bonds is 4. The Morgan fingerprint density at radius 2 is 1.81 bits per heavy atom. The van der Waals surface area contributed by atoms with Crippen LogP contribution in [0.15, 0.2) is 41.3 Å². The number of anilines is 1. The average molecular weight is 308 g/mol. The van der Waals surface area contributed by atoms with Gasteiger partial charge in [0.1, 0.15) is 5.82 Å². The molecule has 0 heterocycles. The Morgan fingerprint density at radius 1 is 1.10 bits per heavy atom. The highest BCUT2D eigenvalue weighted by atomic mass is 32.2. The number of benzene rings is 2. The summed E-state index contributed by atoms with van der Waals surface area (Å²) in [5, 5.41) is 0. The van der Waals surface area contributed by atoms with Crippen molar-refractivity contribution in [3.63, 3.8) is 0 Å². The molecule has 0 aliphatic carbocycles. The van der Waals surface area contributed by atoms with E-state index >= 15 is 0 Å². The molecule has 0 atom stereocenters. The van der Waals surface area contributed by atoms with Crippen LogP contribution in [0, 0.1) is 19.7 Å². The lowest BCUT2D eigenvalue weighted by molar-refractivity contribution is 0.600. The van der Waals surface area contributed by atoms with Crippen LogP contribution in [-0.4, -0.2) is 8.42 Å². The van der Waals surface area contributed by atoms with Crippen LogP contribution < -0.4 is 10.5 Å². The predicted molar refractivity (Wildman–Crippen MR) is 81.0 cm³/mol. The van der Waals surface area contributed by atoms with Gasteiger partial charge in [0.15, 0.2) is 0 Å². The number of hydrogen-bond donors (Lipinski definition) is 2. The molecule has 0 fully saturated rings. The minimum absolute atomic E-state index is 0.135. The highest BCUT2D eigenvalue weighted by Gasteiger charge is 2.15. The Bertz CT molecular complexity index is 773. The van der Waals surface area contributed by atoms with Gasteiger partial charge in [0.05, 0.1) is 4.90 Å². The summed E-state index contributed by atoms with van der Waals surface area (Å²) in [4.78, 5) is 0.135. The van der Waals surface area contributed by atoms with Gasteiger partial charge in [0.25, 0.3) is 10.0 Å². The Morgan fingerprint density at radius 3 is 2.43 bits per heavy atom. The van der Waals surface area contributed by atoms with Gasteiger partial charge < -0.3 is 5.73 Å². The maximum atomic E-state index is 13.2. The number of nitrogens with two attached hydrogens (primary N) is 1. The van der Waals surface area contributed by atoms with Crippen molar-refractivity contribution in [3.8, 4) is 0 Å².